The number of nitrogens with one attached hydrogen (secondary N) is 1. The quantitative estimate of drug-likeness (QED) is 0.906. The maximum absolute atomic E-state index is 9.28. The van der Waals surface area contributed by atoms with Crippen LogP contribution in [0.2, 0.25) is 10.0 Å². The van der Waals surface area contributed by atoms with E-state index in [1.807, 2.05) is 19.2 Å². The number of likely N-dealkylation sites (N-methyl/N-ethyl adjacent to an activating group) is 1. The fraction of sp³-hybridized carbons (Fsp3) is 0.214. The number of rotatable bonds is 4. The van der Waals surface area contributed by atoms with Crippen molar-refractivity contribution in [3.63, 3.8) is 0 Å². The smallest absolute Gasteiger partial charge is 0.115 e. The Hall–Kier alpha value is -1.29. The van der Waals surface area contributed by atoms with Gasteiger partial charge in [-0.05, 0) is 37.2 Å². The van der Waals surface area contributed by atoms with Gasteiger partial charge in [0.2, 0.25) is 0 Å². The molecule has 5 heteroatoms. The highest BCUT2D eigenvalue weighted by Crippen LogP contribution is 2.26. The van der Waals surface area contributed by atoms with Gasteiger partial charge in [0.1, 0.15) is 5.75 Å². The SMILES string of the molecule is CNC(Cc1ccc(O)cc1)c1ncc(Cl)cc1Cl. The summed E-state index contributed by atoms with van der Waals surface area (Å²) in [6, 6.07) is 8.77. The lowest BCUT2D eigenvalue weighted by Crippen LogP contribution is -2.20. The first-order chi connectivity index (χ1) is 9.10. The Kier molecular flexibility index (Phi) is 4.64. The van der Waals surface area contributed by atoms with Gasteiger partial charge in [-0.3, -0.25) is 4.98 Å². The van der Waals surface area contributed by atoms with Crippen LogP contribution in [-0.4, -0.2) is 17.1 Å². The molecule has 3 nitrogen and oxygen atoms in total. The standard InChI is InChI=1S/C14H14Cl2N2O/c1-17-13(6-9-2-4-11(19)5-3-9)14-12(16)7-10(15)8-18-14/h2-5,7-8,13,17,19H,6H2,1H3. The van der Waals surface area contributed by atoms with E-state index in [9.17, 15) is 5.11 Å². The third kappa shape index (κ3) is 3.60. The molecule has 2 rings (SSSR count). The zero-order valence-electron chi connectivity index (χ0n) is 10.4. The lowest BCUT2D eigenvalue weighted by molar-refractivity contribution is 0.474. The Morgan fingerprint density at radius 2 is 1.95 bits per heavy atom. The summed E-state index contributed by atoms with van der Waals surface area (Å²) in [6.45, 7) is 0. The monoisotopic (exact) mass is 296 g/mol. The molecule has 1 atom stereocenters. The number of benzene rings is 1. The number of phenols is 1. The summed E-state index contributed by atoms with van der Waals surface area (Å²) in [7, 11) is 1.86. The van der Waals surface area contributed by atoms with Crippen LogP contribution in [0.25, 0.3) is 0 Å². The minimum absolute atomic E-state index is 0.00527. The van der Waals surface area contributed by atoms with Crippen LogP contribution in [0.3, 0.4) is 0 Å². The maximum atomic E-state index is 9.28. The van der Waals surface area contributed by atoms with Crippen LogP contribution in [0.5, 0.6) is 5.75 Å². The molecule has 0 aliphatic rings. The van der Waals surface area contributed by atoms with Gasteiger partial charge in [0.25, 0.3) is 0 Å². The second kappa shape index (κ2) is 6.24. The zero-order valence-corrected chi connectivity index (χ0v) is 11.9. The summed E-state index contributed by atoms with van der Waals surface area (Å²) in [6.07, 6.45) is 2.31. The average molecular weight is 297 g/mol. The van der Waals surface area contributed by atoms with Crippen molar-refractivity contribution in [2.75, 3.05) is 7.05 Å². The first-order valence-corrected chi connectivity index (χ1v) is 6.62. The predicted molar refractivity (Wildman–Crippen MR) is 77.9 cm³/mol. The van der Waals surface area contributed by atoms with E-state index in [2.05, 4.69) is 10.3 Å². The van der Waals surface area contributed by atoms with Crippen molar-refractivity contribution in [3.8, 4) is 5.75 Å². The third-order valence-corrected chi connectivity index (χ3v) is 3.40. The minimum Gasteiger partial charge on any atom is -0.508 e. The van der Waals surface area contributed by atoms with Gasteiger partial charge in [0.15, 0.2) is 0 Å². The molecule has 0 radical (unpaired) electrons. The van der Waals surface area contributed by atoms with E-state index in [1.165, 1.54) is 0 Å². The Labute approximate surface area is 122 Å². The first-order valence-electron chi connectivity index (χ1n) is 5.86. The second-order valence-electron chi connectivity index (χ2n) is 4.23. The molecular weight excluding hydrogens is 283 g/mol. The molecule has 0 saturated carbocycles. The van der Waals surface area contributed by atoms with Crippen molar-refractivity contribution >= 4 is 23.2 Å². The van der Waals surface area contributed by atoms with Crippen LogP contribution in [0, 0.1) is 0 Å². The number of aromatic hydroxyl groups is 1. The molecule has 0 aliphatic carbocycles. The van der Waals surface area contributed by atoms with Crippen LogP contribution in [0.1, 0.15) is 17.3 Å². The molecule has 1 aromatic carbocycles. The fourth-order valence-electron chi connectivity index (χ4n) is 1.88. The molecule has 0 amide bonds. The number of hydrogen-bond acceptors (Lipinski definition) is 3. The summed E-state index contributed by atoms with van der Waals surface area (Å²) in [5, 5.41) is 13.5. The van der Waals surface area contributed by atoms with Crippen LogP contribution in [0.15, 0.2) is 36.5 Å². The largest absolute Gasteiger partial charge is 0.508 e. The highest BCUT2D eigenvalue weighted by Gasteiger charge is 2.15. The van der Waals surface area contributed by atoms with Gasteiger partial charge in [0.05, 0.1) is 21.8 Å². The van der Waals surface area contributed by atoms with E-state index in [0.29, 0.717) is 10.0 Å². The van der Waals surface area contributed by atoms with Crippen LogP contribution in [0.4, 0.5) is 0 Å². The zero-order chi connectivity index (χ0) is 13.8. The Bertz CT molecular complexity index is 558. The molecule has 0 bridgehead atoms. The van der Waals surface area contributed by atoms with Gasteiger partial charge in [-0.15, -0.1) is 0 Å². The highest BCUT2D eigenvalue weighted by atomic mass is 35.5. The van der Waals surface area contributed by atoms with Crippen LogP contribution < -0.4 is 5.32 Å². The molecule has 100 valence electrons. The minimum atomic E-state index is -0.00527. The van der Waals surface area contributed by atoms with Crippen molar-refractivity contribution in [2.24, 2.45) is 0 Å². The van der Waals surface area contributed by atoms with Gasteiger partial charge in [-0.2, -0.15) is 0 Å². The van der Waals surface area contributed by atoms with E-state index in [1.54, 1.807) is 24.4 Å². The third-order valence-electron chi connectivity index (χ3n) is 2.89. The highest BCUT2D eigenvalue weighted by molar-refractivity contribution is 6.34. The second-order valence-corrected chi connectivity index (χ2v) is 5.08. The maximum Gasteiger partial charge on any atom is 0.115 e. The van der Waals surface area contributed by atoms with Crippen molar-refractivity contribution in [2.45, 2.75) is 12.5 Å². The summed E-state index contributed by atoms with van der Waals surface area (Å²) < 4.78 is 0. The topological polar surface area (TPSA) is 45.1 Å². The average Bonchev–Trinajstić information content (AvgIpc) is 2.39. The van der Waals surface area contributed by atoms with E-state index in [0.717, 1.165) is 17.7 Å². The van der Waals surface area contributed by atoms with Crippen molar-refractivity contribution in [1.29, 1.82) is 0 Å². The van der Waals surface area contributed by atoms with E-state index in [4.69, 9.17) is 23.2 Å². The summed E-state index contributed by atoms with van der Waals surface area (Å²) >= 11 is 12.0. The number of nitrogens with zero attached hydrogens (tertiary/aromatic N) is 1. The number of phenolic OH excluding ortho intramolecular Hbond substituents is 1. The van der Waals surface area contributed by atoms with E-state index in [-0.39, 0.29) is 11.8 Å². The van der Waals surface area contributed by atoms with Crippen molar-refractivity contribution in [3.05, 3.63) is 57.8 Å². The molecular formula is C14H14Cl2N2O. The van der Waals surface area contributed by atoms with Crippen molar-refractivity contribution in [1.82, 2.24) is 10.3 Å². The van der Waals surface area contributed by atoms with E-state index >= 15 is 0 Å². The van der Waals surface area contributed by atoms with Crippen molar-refractivity contribution < 1.29 is 5.11 Å². The molecule has 19 heavy (non-hydrogen) atoms. The molecule has 0 saturated heterocycles. The summed E-state index contributed by atoms with van der Waals surface area (Å²) in [5.41, 5.74) is 1.85. The number of halogens is 2. The summed E-state index contributed by atoms with van der Waals surface area (Å²) in [5.74, 6) is 0.257. The molecule has 0 fully saturated rings. The van der Waals surface area contributed by atoms with Gasteiger partial charge in [-0.1, -0.05) is 35.3 Å². The van der Waals surface area contributed by atoms with Gasteiger partial charge in [0, 0.05) is 6.20 Å². The van der Waals surface area contributed by atoms with E-state index < -0.39 is 0 Å². The van der Waals surface area contributed by atoms with Gasteiger partial charge < -0.3 is 10.4 Å². The molecule has 1 aromatic heterocycles. The number of aromatic nitrogens is 1. The number of hydrogen-bond donors (Lipinski definition) is 2. The molecule has 1 unspecified atom stereocenters. The van der Waals surface area contributed by atoms with Crippen LogP contribution in [-0.2, 0) is 6.42 Å². The van der Waals surface area contributed by atoms with Crippen LogP contribution >= 0.6 is 23.2 Å². The normalized spacial score (nSPS) is 12.4. The Morgan fingerprint density at radius 1 is 1.26 bits per heavy atom. The Morgan fingerprint density at radius 3 is 2.53 bits per heavy atom. The molecule has 2 N–H and O–H groups in total. The lowest BCUT2D eigenvalue weighted by atomic mass is 10.0. The predicted octanol–water partition coefficient (Wildman–Crippen LogP) is 3.60. The molecule has 0 aliphatic heterocycles. The number of pyridine rings is 1. The first kappa shape index (κ1) is 14.1. The molecule has 0 spiro atoms. The van der Waals surface area contributed by atoms with Gasteiger partial charge >= 0.3 is 0 Å². The Balaban J connectivity index is 2.22. The lowest BCUT2D eigenvalue weighted by Gasteiger charge is -2.17. The van der Waals surface area contributed by atoms with Gasteiger partial charge in [-0.25, -0.2) is 0 Å². The fourth-order valence-corrected chi connectivity index (χ4v) is 2.40. The molecule has 1 heterocycles. The molecule has 2 aromatic rings. The summed E-state index contributed by atoms with van der Waals surface area (Å²) in [4.78, 5) is 4.29.